The molecule has 0 aromatic heterocycles. The van der Waals surface area contributed by atoms with Crippen molar-refractivity contribution in [3.8, 4) is 17.9 Å². The minimum Gasteiger partial charge on any atom is -0.497 e. The van der Waals surface area contributed by atoms with Gasteiger partial charge in [0.15, 0.2) is 0 Å². The molecule has 6 heteroatoms. The molecule has 0 aliphatic rings. The molecule has 0 atom stereocenters. The summed E-state index contributed by atoms with van der Waals surface area (Å²) in [4.78, 5) is 12.1. The number of hydrogen-bond donors (Lipinski definition) is 2. The van der Waals surface area contributed by atoms with Crippen molar-refractivity contribution < 1.29 is 9.53 Å². The van der Waals surface area contributed by atoms with Crippen molar-refractivity contribution in [1.82, 2.24) is 5.32 Å². The van der Waals surface area contributed by atoms with Crippen LogP contribution in [-0.2, 0) is 11.2 Å². The zero-order chi connectivity index (χ0) is 18.8. The summed E-state index contributed by atoms with van der Waals surface area (Å²) in [5, 5.41) is 23.8. The number of methoxy groups -OCH3 is 1. The molecule has 2 aromatic carbocycles. The summed E-state index contributed by atoms with van der Waals surface area (Å²) in [5.41, 5.74) is 1.96. The topological polar surface area (TPSA) is 97.9 Å². The molecular weight excluding hydrogens is 328 g/mol. The lowest BCUT2D eigenvalue weighted by Gasteiger charge is -2.07. The van der Waals surface area contributed by atoms with Gasteiger partial charge in [0.25, 0.3) is 5.91 Å². The van der Waals surface area contributed by atoms with Crippen LogP contribution in [0.15, 0.2) is 60.3 Å². The number of ether oxygens (including phenoxy) is 1. The predicted octanol–water partition coefficient (Wildman–Crippen LogP) is 2.75. The molecule has 0 aliphatic heterocycles. The van der Waals surface area contributed by atoms with E-state index < -0.39 is 5.91 Å². The second kappa shape index (κ2) is 9.51. The first kappa shape index (κ1) is 18.6. The molecular formula is C20H18N4O2. The number of anilines is 1. The van der Waals surface area contributed by atoms with Crippen LogP contribution in [0.25, 0.3) is 0 Å². The van der Waals surface area contributed by atoms with Gasteiger partial charge in [0.2, 0.25) is 0 Å². The molecule has 0 unspecified atom stereocenters. The van der Waals surface area contributed by atoms with E-state index in [0.717, 1.165) is 11.3 Å². The summed E-state index contributed by atoms with van der Waals surface area (Å²) >= 11 is 0. The smallest absolute Gasteiger partial charge is 0.263 e. The zero-order valence-corrected chi connectivity index (χ0v) is 14.3. The van der Waals surface area contributed by atoms with E-state index in [2.05, 4.69) is 10.6 Å². The molecule has 2 aromatic rings. The Balaban J connectivity index is 1.91. The molecule has 1 amide bonds. The summed E-state index contributed by atoms with van der Waals surface area (Å²) in [7, 11) is 1.61. The number of nitriles is 2. The quantitative estimate of drug-likeness (QED) is 0.593. The summed E-state index contributed by atoms with van der Waals surface area (Å²) in [6.07, 6.45) is 1.94. The van der Waals surface area contributed by atoms with E-state index >= 15 is 0 Å². The second-order valence-corrected chi connectivity index (χ2v) is 5.33. The lowest BCUT2D eigenvalue weighted by atomic mass is 10.1. The Bertz CT molecular complexity index is 874. The molecule has 0 saturated heterocycles. The molecule has 0 spiro atoms. The van der Waals surface area contributed by atoms with Gasteiger partial charge in [-0.15, -0.1) is 0 Å². The first-order valence-electron chi connectivity index (χ1n) is 7.95. The van der Waals surface area contributed by atoms with Gasteiger partial charge in [0, 0.05) is 12.7 Å². The molecule has 0 heterocycles. The van der Waals surface area contributed by atoms with E-state index in [-0.39, 0.29) is 5.57 Å². The van der Waals surface area contributed by atoms with Crippen molar-refractivity contribution >= 4 is 11.6 Å². The molecule has 130 valence electrons. The Morgan fingerprint density at radius 2 is 1.88 bits per heavy atom. The molecule has 26 heavy (non-hydrogen) atoms. The third-order valence-electron chi connectivity index (χ3n) is 3.64. The number of hydrogen-bond acceptors (Lipinski definition) is 5. The third-order valence-corrected chi connectivity index (χ3v) is 3.64. The minimum absolute atomic E-state index is 0.0625. The molecule has 0 saturated carbocycles. The van der Waals surface area contributed by atoms with E-state index in [1.165, 1.54) is 6.20 Å². The third kappa shape index (κ3) is 5.12. The molecule has 6 nitrogen and oxygen atoms in total. The Labute approximate surface area is 152 Å². The monoisotopic (exact) mass is 346 g/mol. The highest BCUT2D eigenvalue weighted by atomic mass is 16.5. The largest absolute Gasteiger partial charge is 0.497 e. The molecule has 0 fully saturated rings. The van der Waals surface area contributed by atoms with E-state index in [0.29, 0.717) is 24.2 Å². The van der Waals surface area contributed by atoms with Crippen LogP contribution in [0.4, 0.5) is 5.69 Å². The Morgan fingerprint density at radius 1 is 1.15 bits per heavy atom. The van der Waals surface area contributed by atoms with Crippen LogP contribution in [0.2, 0.25) is 0 Å². The van der Waals surface area contributed by atoms with Gasteiger partial charge < -0.3 is 15.4 Å². The van der Waals surface area contributed by atoms with Crippen molar-refractivity contribution in [1.29, 1.82) is 10.5 Å². The second-order valence-electron chi connectivity index (χ2n) is 5.33. The lowest BCUT2D eigenvalue weighted by molar-refractivity contribution is -0.117. The molecule has 2 N–H and O–H groups in total. The number of nitrogens with one attached hydrogen (secondary N) is 2. The first-order valence-corrected chi connectivity index (χ1v) is 7.95. The molecule has 0 bridgehead atoms. The van der Waals surface area contributed by atoms with E-state index in [1.807, 2.05) is 36.4 Å². The Morgan fingerprint density at radius 3 is 2.54 bits per heavy atom. The van der Waals surface area contributed by atoms with Crippen LogP contribution in [0.3, 0.4) is 0 Å². The van der Waals surface area contributed by atoms with Gasteiger partial charge in [-0.3, -0.25) is 4.79 Å². The van der Waals surface area contributed by atoms with Crippen LogP contribution in [0, 0.1) is 22.7 Å². The fourth-order valence-corrected chi connectivity index (χ4v) is 2.21. The van der Waals surface area contributed by atoms with Crippen LogP contribution < -0.4 is 15.4 Å². The average Bonchev–Trinajstić information content (AvgIpc) is 2.69. The summed E-state index contributed by atoms with van der Waals surface area (Å²) in [5.74, 6) is 0.305. The van der Waals surface area contributed by atoms with E-state index in [1.54, 1.807) is 31.4 Å². The maximum Gasteiger partial charge on any atom is 0.263 e. The standard InChI is InChI=1S/C20H18N4O2/c1-26-18-8-6-15(7-9-18)10-11-23-20(25)17(13-22)14-24-19-5-3-2-4-16(19)12-21/h2-9,14,24H,10-11H2,1H3,(H,23,25)/b17-14-. The maximum absolute atomic E-state index is 12.1. The van der Waals surface area contributed by atoms with Gasteiger partial charge in [0.1, 0.15) is 23.5 Å². The molecule has 0 radical (unpaired) electrons. The first-order chi connectivity index (χ1) is 12.7. The number of rotatable bonds is 7. The van der Waals surface area contributed by atoms with E-state index in [4.69, 9.17) is 10.00 Å². The Hall–Kier alpha value is -3.77. The van der Waals surface area contributed by atoms with Gasteiger partial charge in [-0.05, 0) is 36.2 Å². The van der Waals surface area contributed by atoms with E-state index in [9.17, 15) is 10.1 Å². The Kier molecular flexibility index (Phi) is 6.79. The maximum atomic E-state index is 12.1. The van der Waals surface area contributed by atoms with Gasteiger partial charge in [-0.2, -0.15) is 10.5 Å². The van der Waals surface area contributed by atoms with Gasteiger partial charge in [0.05, 0.1) is 18.4 Å². The van der Waals surface area contributed by atoms with Gasteiger partial charge in [-0.1, -0.05) is 24.3 Å². The summed E-state index contributed by atoms with van der Waals surface area (Å²) in [6.45, 7) is 0.402. The van der Waals surface area contributed by atoms with Crippen LogP contribution >= 0.6 is 0 Å². The van der Waals surface area contributed by atoms with Crippen LogP contribution in [0.5, 0.6) is 5.75 Å². The number of carbonyl (C=O) groups is 1. The van der Waals surface area contributed by atoms with Crippen molar-refractivity contribution in [3.05, 3.63) is 71.4 Å². The summed E-state index contributed by atoms with van der Waals surface area (Å²) in [6, 6.07) is 18.3. The number of carbonyl (C=O) groups excluding carboxylic acids is 1. The predicted molar refractivity (Wildman–Crippen MR) is 98.2 cm³/mol. The number of benzene rings is 2. The van der Waals surface area contributed by atoms with Crippen molar-refractivity contribution in [2.45, 2.75) is 6.42 Å². The highest BCUT2D eigenvalue weighted by molar-refractivity contribution is 5.97. The molecule has 2 rings (SSSR count). The molecule has 0 aliphatic carbocycles. The van der Waals surface area contributed by atoms with Crippen LogP contribution in [-0.4, -0.2) is 19.6 Å². The number of nitrogens with zero attached hydrogens (tertiary/aromatic N) is 2. The lowest BCUT2D eigenvalue weighted by Crippen LogP contribution is -2.27. The highest BCUT2D eigenvalue weighted by Gasteiger charge is 2.09. The zero-order valence-electron chi connectivity index (χ0n) is 14.3. The van der Waals surface area contributed by atoms with Gasteiger partial charge in [-0.25, -0.2) is 0 Å². The van der Waals surface area contributed by atoms with Crippen molar-refractivity contribution in [2.24, 2.45) is 0 Å². The fourth-order valence-electron chi connectivity index (χ4n) is 2.21. The van der Waals surface area contributed by atoms with Gasteiger partial charge >= 0.3 is 0 Å². The van der Waals surface area contributed by atoms with Crippen molar-refractivity contribution in [2.75, 3.05) is 19.0 Å². The SMILES string of the molecule is COc1ccc(CCNC(=O)/C(C#N)=C\Nc2ccccc2C#N)cc1. The fraction of sp³-hybridized carbons (Fsp3) is 0.150. The highest BCUT2D eigenvalue weighted by Crippen LogP contribution is 2.14. The normalized spacial score (nSPS) is 10.3. The minimum atomic E-state index is -0.469. The number of para-hydroxylation sites is 1. The average molecular weight is 346 g/mol. The van der Waals surface area contributed by atoms with Crippen LogP contribution in [0.1, 0.15) is 11.1 Å². The number of amides is 1. The summed E-state index contributed by atoms with van der Waals surface area (Å²) < 4.78 is 5.10. The van der Waals surface area contributed by atoms with Crippen molar-refractivity contribution in [3.63, 3.8) is 0 Å².